The first-order valence-electron chi connectivity index (χ1n) is 9.87. The Morgan fingerprint density at radius 3 is 2.63 bits per heavy atom. The van der Waals surface area contributed by atoms with Crippen LogP contribution in [0.1, 0.15) is 12.3 Å². The maximum atomic E-state index is 12.6. The first-order valence-corrected chi connectivity index (χ1v) is 10.3. The molecule has 0 atom stereocenters. The minimum atomic E-state index is 0.103. The fraction of sp³-hybridized carbons (Fsp3) is 0.318. The first kappa shape index (κ1) is 20.2. The third-order valence-corrected chi connectivity index (χ3v) is 5.43. The zero-order valence-corrected chi connectivity index (χ0v) is 17.5. The average molecular weight is 427 g/mol. The van der Waals surface area contributed by atoms with Gasteiger partial charge in [0, 0.05) is 61.4 Å². The van der Waals surface area contributed by atoms with Gasteiger partial charge in [-0.3, -0.25) is 4.79 Å². The van der Waals surface area contributed by atoms with Crippen molar-refractivity contribution >= 4 is 23.2 Å². The number of ether oxygens (including phenoxy) is 1. The van der Waals surface area contributed by atoms with Crippen molar-refractivity contribution in [3.05, 3.63) is 59.4 Å². The normalized spacial score (nSPS) is 14.1. The standard InChI is InChI=1S/C22H23ClN4O3/c1-29-19-4-2-3-18(15-19)26-11-13-27(14-12-26)21(28)10-9-20-24-22(25-30-20)16-5-7-17(23)8-6-16/h2-8,15H,9-14H2,1H3. The average Bonchev–Trinajstić information content (AvgIpc) is 3.27. The topological polar surface area (TPSA) is 71.7 Å². The lowest BCUT2D eigenvalue weighted by Crippen LogP contribution is -2.48. The summed E-state index contributed by atoms with van der Waals surface area (Å²) in [5, 5.41) is 4.65. The predicted octanol–water partition coefficient (Wildman–Crippen LogP) is 3.68. The quantitative estimate of drug-likeness (QED) is 0.598. The molecule has 1 amide bonds. The van der Waals surface area contributed by atoms with Crippen molar-refractivity contribution in [1.82, 2.24) is 15.0 Å². The molecule has 0 saturated carbocycles. The molecule has 8 heteroatoms. The van der Waals surface area contributed by atoms with E-state index in [0.717, 1.165) is 30.1 Å². The second-order valence-corrected chi connectivity index (χ2v) is 7.52. The number of carbonyl (C=O) groups is 1. The van der Waals surface area contributed by atoms with Gasteiger partial charge in [-0.2, -0.15) is 4.98 Å². The van der Waals surface area contributed by atoms with Crippen LogP contribution in [0.25, 0.3) is 11.4 Å². The largest absolute Gasteiger partial charge is 0.497 e. The fourth-order valence-electron chi connectivity index (χ4n) is 3.47. The highest BCUT2D eigenvalue weighted by atomic mass is 35.5. The van der Waals surface area contributed by atoms with Crippen molar-refractivity contribution in [3.63, 3.8) is 0 Å². The minimum absolute atomic E-state index is 0.103. The molecule has 3 aromatic rings. The molecule has 0 N–H and O–H groups in total. The Labute approximate surface area is 180 Å². The van der Waals surface area contributed by atoms with Crippen LogP contribution < -0.4 is 9.64 Å². The Balaban J connectivity index is 1.28. The van der Waals surface area contributed by atoms with Gasteiger partial charge in [0.05, 0.1) is 7.11 Å². The number of carbonyl (C=O) groups excluding carboxylic acids is 1. The van der Waals surface area contributed by atoms with Gasteiger partial charge in [0.15, 0.2) is 0 Å². The Hall–Kier alpha value is -3.06. The molecule has 2 aromatic carbocycles. The van der Waals surface area contributed by atoms with E-state index < -0.39 is 0 Å². The number of methoxy groups -OCH3 is 1. The summed E-state index contributed by atoms with van der Waals surface area (Å²) >= 11 is 5.91. The van der Waals surface area contributed by atoms with Gasteiger partial charge in [0.1, 0.15) is 5.75 Å². The van der Waals surface area contributed by atoms with Crippen LogP contribution in [0.5, 0.6) is 5.75 Å². The van der Waals surface area contributed by atoms with E-state index >= 15 is 0 Å². The third kappa shape index (κ3) is 4.74. The summed E-state index contributed by atoms with van der Waals surface area (Å²) in [5.41, 5.74) is 1.94. The molecule has 1 saturated heterocycles. The highest BCUT2D eigenvalue weighted by Gasteiger charge is 2.22. The van der Waals surface area contributed by atoms with E-state index in [1.165, 1.54) is 0 Å². The molecule has 1 aromatic heterocycles. The van der Waals surface area contributed by atoms with Gasteiger partial charge in [-0.25, -0.2) is 0 Å². The molecule has 30 heavy (non-hydrogen) atoms. The Bertz CT molecular complexity index is 998. The lowest BCUT2D eigenvalue weighted by atomic mass is 10.2. The summed E-state index contributed by atoms with van der Waals surface area (Å²) in [4.78, 5) is 21.2. The first-order chi connectivity index (χ1) is 14.6. The molecule has 4 rings (SSSR count). The zero-order chi connectivity index (χ0) is 20.9. The fourth-order valence-corrected chi connectivity index (χ4v) is 3.59. The van der Waals surface area contributed by atoms with E-state index in [2.05, 4.69) is 21.1 Å². The van der Waals surface area contributed by atoms with Crippen LogP contribution in [-0.4, -0.2) is 54.2 Å². The summed E-state index contributed by atoms with van der Waals surface area (Å²) in [6.45, 7) is 2.96. The van der Waals surface area contributed by atoms with E-state index in [0.29, 0.717) is 42.7 Å². The van der Waals surface area contributed by atoms with Gasteiger partial charge in [-0.05, 0) is 36.4 Å². The molecule has 0 radical (unpaired) electrons. The lowest BCUT2D eigenvalue weighted by Gasteiger charge is -2.36. The second-order valence-electron chi connectivity index (χ2n) is 7.09. The van der Waals surface area contributed by atoms with Crippen LogP contribution in [0.2, 0.25) is 5.02 Å². The number of halogens is 1. The molecular weight excluding hydrogens is 404 g/mol. The van der Waals surface area contributed by atoms with Crippen LogP contribution in [-0.2, 0) is 11.2 Å². The molecule has 0 unspecified atom stereocenters. The van der Waals surface area contributed by atoms with Crippen LogP contribution in [0.15, 0.2) is 53.1 Å². The molecule has 2 heterocycles. The van der Waals surface area contributed by atoms with Gasteiger partial charge in [-0.15, -0.1) is 0 Å². The summed E-state index contributed by atoms with van der Waals surface area (Å²) in [6.07, 6.45) is 0.775. The number of amides is 1. The molecule has 0 aliphatic carbocycles. The van der Waals surface area contributed by atoms with Crippen molar-refractivity contribution in [2.24, 2.45) is 0 Å². The van der Waals surface area contributed by atoms with E-state index in [1.807, 2.05) is 35.2 Å². The van der Waals surface area contributed by atoms with Crippen molar-refractivity contribution in [2.75, 3.05) is 38.2 Å². The summed E-state index contributed by atoms with van der Waals surface area (Å²) in [6, 6.07) is 15.2. The summed E-state index contributed by atoms with van der Waals surface area (Å²) < 4.78 is 10.6. The highest BCUT2D eigenvalue weighted by molar-refractivity contribution is 6.30. The lowest BCUT2D eigenvalue weighted by molar-refractivity contribution is -0.131. The minimum Gasteiger partial charge on any atom is -0.497 e. The molecule has 0 bridgehead atoms. The molecule has 1 aliphatic heterocycles. The monoisotopic (exact) mass is 426 g/mol. The molecule has 7 nitrogen and oxygen atoms in total. The van der Waals surface area contributed by atoms with Gasteiger partial charge in [0.25, 0.3) is 0 Å². The molecular formula is C22H23ClN4O3. The van der Waals surface area contributed by atoms with Crippen LogP contribution >= 0.6 is 11.6 Å². The Morgan fingerprint density at radius 2 is 1.90 bits per heavy atom. The number of benzene rings is 2. The molecule has 1 fully saturated rings. The van der Waals surface area contributed by atoms with Crippen molar-refractivity contribution in [3.8, 4) is 17.1 Å². The zero-order valence-electron chi connectivity index (χ0n) is 16.8. The van der Waals surface area contributed by atoms with Gasteiger partial charge in [0.2, 0.25) is 17.6 Å². The van der Waals surface area contributed by atoms with Crippen LogP contribution in [0.3, 0.4) is 0 Å². The maximum Gasteiger partial charge on any atom is 0.227 e. The van der Waals surface area contributed by atoms with E-state index in [4.69, 9.17) is 20.9 Å². The molecule has 0 spiro atoms. The van der Waals surface area contributed by atoms with Crippen LogP contribution in [0, 0.1) is 0 Å². The SMILES string of the molecule is COc1cccc(N2CCN(C(=O)CCc3nc(-c4ccc(Cl)cc4)no3)CC2)c1. The maximum absolute atomic E-state index is 12.6. The Kier molecular flexibility index (Phi) is 6.18. The summed E-state index contributed by atoms with van der Waals surface area (Å²) in [5.74, 6) is 1.90. The highest BCUT2D eigenvalue weighted by Crippen LogP contribution is 2.23. The number of nitrogens with zero attached hydrogens (tertiary/aromatic N) is 4. The van der Waals surface area contributed by atoms with Crippen molar-refractivity contribution < 1.29 is 14.1 Å². The number of anilines is 1. The molecule has 1 aliphatic rings. The van der Waals surface area contributed by atoms with Gasteiger partial charge >= 0.3 is 0 Å². The second kappa shape index (κ2) is 9.17. The van der Waals surface area contributed by atoms with E-state index in [9.17, 15) is 4.79 Å². The number of piperazine rings is 1. The number of hydrogen-bond donors (Lipinski definition) is 0. The Morgan fingerprint density at radius 1 is 1.13 bits per heavy atom. The third-order valence-electron chi connectivity index (χ3n) is 5.17. The predicted molar refractivity (Wildman–Crippen MR) is 115 cm³/mol. The number of rotatable bonds is 6. The molecule has 156 valence electrons. The van der Waals surface area contributed by atoms with Gasteiger partial charge in [-0.1, -0.05) is 22.8 Å². The van der Waals surface area contributed by atoms with E-state index in [-0.39, 0.29) is 5.91 Å². The van der Waals surface area contributed by atoms with Crippen LogP contribution in [0.4, 0.5) is 5.69 Å². The number of hydrogen-bond acceptors (Lipinski definition) is 6. The number of aryl methyl sites for hydroxylation is 1. The van der Waals surface area contributed by atoms with Crippen molar-refractivity contribution in [1.29, 1.82) is 0 Å². The van der Waals surface area contributed by atoms with Crippen molar-refractivity contribution in [2.45, 2.75) is 12.8 Å². The summed E-state index contributed by atoms with van der Waals surface area (Å²) in [7, 11) is 1.66. The van der Waals surface area contributed by atoms with Gasteiger partial charge < -0.3 is 19.1 Å². The number of aromatic nitrogens is 2. The van der Waals surface area contributed by atoms with E-state index in [1.54, 1.807) is 19.2 Å². The smallest absolute Gasteiger partial charge is 0.227 e.